The Bertz CT molecular complexity index is 1020. The molecule has 1 aromatic carbocycles. The zero-order valence-electron chi connectivity index (χ0n) is 17.6. The molecule has 0 spiro atoms. The molecule has 2 N–H and O–H groups in total. The number of benzene rings is 1. The maximum Gasteiger partial charge on any atom is 0.422 e. The fourth-order valence-corrected chi connectivity index (χ4v) is 3.62. The number of ether oxygens (including phenoxy) is 1. The van der Waals surface area contributed by atoms with Gasteiger partial charge in [0.05, 0.1) is 6.26 Å². The van der Waals surface area contributed by atoms with Gasteiger partial charge < -0.3 is 19.8 Å². The highest BCUT2D eigenvalue weighted by Crippen LogP contribution is 2.41. The zero-order chi connectivity index (χ0) is 22.6. The minimum Gasteiger partial charge on any atom is -0.492 e. The molecule has 7 nitrogen and oxygen atoms in total. The van der Waals surface area contributed by atoms with Crippen molar-refractivity contribution in [2.24, 2.45) is 0 Å². The van der Waals surface area contributed by atoms with E-state index in [0.717, 1.165) is 25.4 Å². The summed E-state index contributed by atoms with van der Waals surface area (Å²) in [5, 5.41) is 5.46. The van der Waals surface area contributed by atoms with E-state index >= 15 is 0 Å². The molecule has 0 aliphatic carbocycles. The number of aromatic nitrogens is 2. The van der Waals surface area contributed by atoms with E-state index in [-0.39, 0.29) is 23.2 Å². The summed E-state index contributed by atoms with van der Waals surface area (Å²) < 4.78 is 52.0. The van der Waals surface area contributed by atoms with Crippen molar-refractivity contribution in [3.05, 3.63) is 48.2 Å². The smallest absolute Gasteiger partial charge is 0.422 e. The van der Waals surface area contributed by atoms with Gasteiger partial charge in [-0.3, -0.25) is 4.90 Å². The van der Waals surface area contributed by atoms with Crippen LogP contribution < -0.4 is 15.4 Å². The molecule has 3 aromatic rings. The fraction of sp³-hybridized carbons (Fsp3) is 0.364. The van der Waals surface area contributed by atoms with E-state index in [1.165, 1.54) is 38.3 Å². The highest BCUT2D eigenvalue weighted by atomic mass is 19.4. The van der Waals surface area contributed by atoms with Crippen molar-refractivity contribution in [1.29, 1.82) is 0 Å². The first-order valence-corrected chi connectivity index (χ1v) is 10.4. The summed E-state index contributed by atoms with van der Waals surface area (Å²) in [5.74, 6) is 0.385. The third kappa shape index (κ3) is 5.13. The zero-order valence-corrected chi connectivity index (χ0v) is 17.6. The molecule has 0 bridgehead atoms. The number of halogens is 3. The van der Waals surface area contributed by atoms with Crippen molar-refractivity contribution in [3.8, 4) is 17.2 Å². The molecule has 3 heterocycles. The predicted octanol–water partition coefficient (Wildman–Crippen LogP) is 5.02. The van der Waals surface area contributed by atoms with Gasteiger partial charge in [-0.05, 0) is 62.3 Å². The van der Waals surface area contributed by atoms with E-state index in [2.05, 4.69) is 25.5 Å². The lowest BCUT2D eigenvalue weighted by atomic mass is 10.1. The molecule has 0 unspecified atom stereocenters. The molecule has 1 aliphatic rings. The second-order valence-electron chi connectivity index (χ2n) is 7.39. The Hall–Kier alpha value is -3.27. The van der Waals surface area contributed by atoms with Gasteiger partial charge in [-0.15, -0.1) is 0 Å². The van der Waals surface area contributed by atoms with Gasteiger partial charge in [-0.2, -0.15) is 18.2 Å². The number of anilines is 3. The molecule has 1 aliphatic heterocycles. The van der Waals surface area contributed by atoms with Gasteiger partial charge in [0.15, 0.2) is 5.76 Å². The second-order valence-corrected chi connectivity index (χ2v) is 7.39. The summed E-state index contributed by atoms with van der Waals surface area (Å²) in [6.45, 7) is 3.73. The van der Waals surface area contributed by atoms with Crippen LogP contribution in [0.3, 0.4) is 0 Å². The van der Waals surface area contributed by atoms with Crippen LogP contribution >= 0.6 is 0 Å². The molecule has 2 aromatic heterocycles. The van der Waals surface area contributed by atoms with E-state index in [1.807, 2.05) is 0 Å². The monoisotopic (exact) mass is 447 g/mol. The number of nitrogens with zero attached hydrogens (tertiary/aromatic N) is 3. The molecule has 0 saturated carbocycles. The summed E-state index contributed by atoms with van der Waals surface area (Å²) in [7, 11) is 1.38. The van der Waals surface area contributed by atoms with Crippen LogP contribution in [0.1, 0.15) is 18.4 Å². The summed E-state index contributed by atoms with van der Waals surface area (Å²) in [4.78, 5) is 10.5. The third-order valence-electron chi connectivity index (χ3n) is 5.17. The van der Waals surface area contributed by atoms with Crippen LogP contribution in [0.15, 0.2) is 47.1 Å². The lowest BCUT2D eigenvalue weighted by molar-refractivity contribution is -0.136. The quantitative estimate of drug-likeness (QED) is 0.502. The summed E-state index contributed by atoms with van der Waals surface area (Å²) >= 11 is 0. The standard InChI is InChI=1S/C22H24F3N5O2/c1-26-20-18(22(23,24)25)19(17-5-4-13-32-17)28-21(29-20)27-15-6-8-16(9-7-15)31-14-12-30-10-2-3-11-30/h4-9,13H,2-3,10-12,14H2,1H3,(H2,26,27,28,29). The first-order chi connectivity index (χ1) is 15.4. The lowest BCUT2D eigenvalue weighted by Crippen LogP contribution is -2.25. The molecule has 10 heteroatoms. The predicted molar refractivity (Wildman–Crippen MR) is 115 cm³/mol. The number of furan rings is 1. The van der Waals surface area contributed by atoms with E-state index in [9.17, 15) is 13.2 Å². The Kier molecular flexibility index (Phi) is 6.50. The summed E-state index contributed by atoms with van der Waals surface area (Å²) in [5.41, 5.74) is -0.711. The third-order valence-corrected chi connectivity index (χ3v) is 5.17. The number of rotatable bonds is 8. The Morgan fingerprint density at radius 1 is 1.09 bits per heavy atom. The van der Waals surface area contributed by atoms with E-state index in [1.54, 1.807) is 24.3 Å². The second kappa shape index (κ2) is 9.47. The Labute approximate surface area is 183 Å². The van der Waals surface area contributed by atoms with Crippen molar-refractivity contribution in [1.82, 2.24) is 14.9 Å². The van der Waals surface area contributed by atoms with Crippen LogP contribution in [0.25, 0.3) is 11.5 Å². The van der Waals surface area contributed by atoms with Crippen molar-refractivity contribution >= 4 is 17.5 Å². The average molecular weight is 447 g/mol. The van der Waals surface area contributed by atoms with Crippen molar-refractivity contribution in [3.63, 3.8) is 0 Å². The van der Waals surface area contributed by atoms with Gasteiger partial charge in [0.25, 0.3) is 0 Å². The van der Waals surface area contributed by atoms with Crippen molar-refractivity contribution < 1.29 is 22.3 Å². The van der Waals surface area contributed by atoms with Crippen LogP contribution in [0, 0.1) is 0 Å². The SMILES string of the molecule is CNc1nc(Nc2ccc(OCCN3CCCC3)cc2)nc(-c2ccco2)c1C(F)(F)F. The van der Waals surface area contributed by atoms with Gasteiger partial charge in [0, 0.05) is 19.3 Å². The van der Waals surface area contributed by atoms with Crippen molar-refractivity contribution in [2.75, 3.05) is 43.9 Å². The first-order valence-electron chi connectivity index (χ1n) is 10.4. The van der Waals surface area contributed by atoms with E-state index < -0.39 is 11.7 Å². The molecule has 1 fully saturated rings. The van der Waals surface area contributed by atoms with Gasteiger partial charge in [0.2, 0.25) is 5.95 Å². The number of nitrogens with one attached hydrogen (secondary N) is 2. The number of hydrogen-bond acceptors (Lipinski definition) is 7. The van der Waals surface area contributed by atoms with Gasteiger partial charge in [-0.1, -0.05) is 0 Å². The molecule has 0 radical (unpaired) electrons. The minimum atomic E-state index is -4.66. The molecule has 1 saturated heterocycles. The lowest BCUT2D eigenvalue weighted by Gasteiger charge is -2.17. The first kappa shape index (κ1) is 21.9. The summed E-state index contributed by atoms with van der Waals surface area (Å²) in [6, 6.07) is 10.0. The molecule has 4 rings (SSSR count). The highest BCUT2D eigenvalue weighted by Gasteiger charge is 2.39. The maximum absolute atomic E-state index is 13.7. The van der Waals surface area contributed by atoms with Gasteiger partial charge in [-0.25, -0.2) is 4.98 Å². The van der Waals surface area contributed by atoms with Crippen LogP contribution in [0.4, 0.5) is 30.6 Å². The Morgan fingerprint density at radius 2 is 1.84 bits per heavy atom. The Balaban J connectivity index is 1.50. The highest BCUT2D eigenvalue weighted by molar-refractivity contribution is 5.69. The van der Waals surface area contributed by atoms with Crippen LogP contribution in [0.5, 0.6) is 5.75 Å². The van der Waals surface area contributed by atoms with Gasteiger partial charge >= 0.3 is 6.18 Å². The van der Waals surface area contributed by atoms with Crippen LogP contribution in [-0.2, 0) is 6.18 Å². The fourth-order valence-electron chi connectivity index (χ4n) is 3.62. The molecular weight excluding hydrogens is 423 g/mol. The van der Waals surface area contributed by atoms with E-state index in [4.69, 9.17) is 9.15 Å². The summed E-state index contributed by atoms with van der Waals surface area (Å²) in [6.07, 6.45) is -0.883. The average Bonchev–Trinajstić information content (AvgIpc) is 3.48. The Morgan fingerprint density at radius 3 is 2.47 bits per heavy atom. The van der Waals surface area contributed by atoms with Crippen LogP contribution in [-0.4, -0.2) is 48.2 Å². The normalized spacial score (nSPS) is 14.5. The number of hydrogen-bond donors (Lipinski definition) is 2. The van der Waals surface area contributed by atoms with E-state index in [0.29, 0.717) is 12.3 Å². The number of likely N-dealkylation sites (tertiary alicyclic amines) is 1. The van der Waals surface area contributed by atoms with Crippen molar-refractivity contribution in [2.45, 2.75) is 19.0 Å². The van der Waals surface area contributed by atoms with Crippen LogP contribution in [0.2, 0.25) is 0 Å². The molecule has 170 valence electrons. The van der Waals surface area contributed by atoms with Gasteiger partial charge in [0.1, 0.15) is 29.4 Å². The molecule has 32 heavy (non-hydrogen) atoms. The molecule has 0 atom stereocenters. The number of alkyl halides is 3. The minimum absolute atomic E-state index is 0.000949. The largest absolute Gasteiger partial charge is 0.492 e. The molecular formula is C22H24F3N5O2. The topological polar surface area (TPSA) is 75.5 Å². The maximum atomic E-state index is 13.7. The molecule has 0 amide bonds.